The largest absolute Gasteiger partial charge is 0.481 e. The van der Waals surface area contributed by atoms with E-state index in [0.29, 0.717) is 36.8 Å². The van der Waals surface area contributed by atoms with Crippen LogP contribution >= 0.6 is 0 Å². The maximum atomic E-state index is 14.6. The summed E-state index contributed by atoms with van der Waals surface area (Å²) in [5, 5.41) is 27.7. The molecule has 3 amide bonds. The van der Waals surface area contributed by atoms with E-state index < -0.39 is 35.1 Å². The van der Waals surface area contributed by atoms with Crippen molar-refractivity contribution in [3.8, 4) is 6.07 Å². The third kappa shape index (κ3) is 10.8. The highest BCUT2D eigenvalue weighted by molar-refractivity contribution is 5.86. The van der Waals surface area contributed by atoms with Crippen molar-refractivity contribution in [2.75, 3.05) is 13.1 Å². The predicted molar refractivity (Wildman–Crippen MR) is 257 cm³/mol. The molecule has 0 unspecified atom stereocenters. The number of carboxylic acid groups (broad SMARTS) is 1. The lowest BCUT2D eigenvalue weighted by atomic mass is 9.32. The number of esters is 1. The van der Waals surface area contributed by atoms with Crippen molar-refractivity contribution in [3.63, 3.8) is 0 Å². The van der Waals surface area contributed by atoms with Gasteiger partial charge in [0.2, 0.25) is 11.8 Å². The number of carbonyl (C=O) groups is 5. The minimum atomic E-state index is -1.17. The Morgan fingerprint density at radius 3 is 2.03 bits per heavy atom. The van der Waals surface area contributed by atoms with E-state index in [1.54, 1.807) is 34.6 Å². The molecule has 0 saturated heterocycles. The molecule has 66 heavy (non-hydrogen) atoms. The van der Waals surface area contributed by atoms with Crippen molar-refractivity contribution in [2.24, 2.45) is 62.1 Å². The average molecular weight is 921 g/mol. The van der Waals surface area contributed by atoms with Crippen LogP contribution in [-0.2, 0) is 28.7 Å². The van der Waals surface area contributed by atoms with Crippen molar-refractivity contribution in [2.45, 2.75) is 216 Å². The zero-order valence-corrected chi connectivity index (χ0v) is 42.8. The zero-order chi connectivity index (χ0) is 49.1. The van der Waals surface area contributed by atoms with E-state index in [4.69, 9.17) is 14.7 Å². The molecular formula is C54H88N4O8. The molecule has 5 aliphatic rings. The van der Waals surface area contributed by atoms with Crippen LogP contribution in [0.5, 0.6) is 0 Å². The molecule has 0 heterocycles. The van der Waals surface area contributed by atoms with Gasteiger partial charge in [0.25, 0.3) is 0 Å². The highest BCUT2D eigenvalue weighted by Crippen LogP contribution is 2.77. The summed E-state index contributed by atoms with van der Waals surface area (Å²) >= 11 is 0. The van der Waals surface area contributed by atoms with Crippen LogP contribution in [0.15, 0.2) is 12.2 Å². The molecule has 0 spiro atoms. The van der Waals surface area contributed by atoms with Crippen LogP contribution in [0.1, 0.15) is 198 Å². The summed E-state index contributed by atoms with van der Waals surface area (Å²) in [7, 11) is 0. The van der Waals surface area contributed by atoms with Crippen LogP contribution in [0, 0.1) is 73.4 Å². The Labute approximate surface area is 397 Å². The fourth-order valence-electron chi connectivity index (χ4n) is 15.0. The molecule has 11 atom stereocenters. The van der Waals surface area contributed by atoms with Gasteiger partial charge in [-0.15, -0.1) is 0 Å². The van der Waals surface area contributed by atoms with Crippen LogP contribution in [-0.4, -0.2) is 65.8 Å². The molecule has 0 aromatic carbocycles. The van der Waals surface area contributed by atoms with Crippen LogP contribution in [0.2, 0.25) is 0 Å². The first-order valence-corrected chi connectivity index (χ1v) is 25.7. The van der Waals surface area contributed by atoms with E-state index in [-0.39, 0.29) is 70.2 Å². The zero-order valence-electron chi connectivity index (χ0n) is 42.8. The van der Waals surface area contributed by atoms with Crippen molar-refractivity contribution in [3.05, 3.63) is 12.2 Å². The number of hydrogen-bond donors (Lipinski definition) is 4. The number of hydrogen-bond acceptors (Lipinski definition) is 8. The van der Waals surface area contributed by atoms with Gasteiger partial charge in [0.15, 0.2) is 0 Å². The molecule has 5 rings (SSSR count). The van der Waals surface area contributed by atoms with Gasteiger partial charge in [0.1, 0.15) is 17.7 Å². The van der Waals surface area contributed by atoms with Gasteiger partial charge in [-0.25, -0.2) is 4.79 Å². The molecule has 5 aliphatic carbocycles. The molecular weight excluding hydrogens is 833 g/mol. The van der Waals surface area contributed by atoms with Gasteiger partial charge < -0.3 is 30.5 Å². The smallest absolute Gasteiger partial charge is 0.408 e. The first-order valence-electron chi connectivity index (χ1n) is 25.7. The van der Waals surface area contributed by atoms with Gasteiger partial charge in [-0.3, -0.25) is 19.2 Å². The van der Waals surface area contributed by atoms with Crippen molar-refractivity contribution in [1.82, 2.24) is 16.0 Å². The fourth-order valence-corrected chi connectivity index (χ4v) is 15.0. The van der Waals surface area contributed by atoms with Crippen LogP contribution < -0.4 is 16.0 Å². The number of fused-ring (bicyclic) bond motifs is 7. The molecule has 0 aliphatic heterocycles. The maximum Gasteiger partial charge on any atom is 0.408 e. The molecule has 5 saturated carbocycles. The van der Waals surface area contributed by atoms with Gasteiger partial charge in [0, 0.05) is 24.9 Å². The Morgan fingerprint density at radius 2 is 1.42 bits per heavy atom. The number of nitrogens with zero attached hydrogens (tertiary/aromatic N) is 1. The molecule has 0 aromatic rings. The van der Waals surface area contributed by atoms with E-state index in [9.17, 15) is 29.1 Å². The van der Waals surface area contributed by atoms with Crippen molar-refractivity contribution < 1.29 is 38.6 Å². The third-order valence-electron chi connectivity index (χ3n) is 18.6. The maximum absolute atomic E-state index is 14.6. The molecule has 4 N–H and O–H groups in total. The minimum absolute atomic E-state index is 0.0871. The number of unbranched alkanes of at least 4 members (excludes halogenated alkanes) is 5. The second-order valence-electron chi connectivity index (χ2n) is 24.6. The number of nitrogens with one attached hydrogen (secondary N) is 3. The number of allylic oxidation sites excluding steroid dienone is 1. The molecule has 372 valence electrons. The van der Waals surface area contributed by atoms with Crippen LogP contribution in [0.4, 0.5) is 4.79 Å². The van der Waals surface area contributed by atoms with Gasteiger partial charge >= 0.3 is 18.0 Å². The third-order valence-corrected chi connectivity index (χ3v) is 18.6. The SMILES string of the molecule is C=C(C)[C@@H]1CC[C@]2(C(=O)NCCCCCCCCNC(=O)[C@H](CCC#N)NC(=O)OC(C)(C)C)CC[C@]3(C)[C@H](CC[C@@H]4[C@@]5(C)CC[C@H](OC(=O)CC(C)(C)C(=O)O)C(C)(C)[C@@H]5CC[C@]43C)[C@@H]12. The number of rotatable bonds is 19. The van der Waals surface area contributed by atoms with E-state index in [2.05, 4.69) is 64.1 Å². The Bertz CT molecular complexity index is 1850. The number of carboxylic acids is 1. The molecule has 0 bridgehead atoms. The number of aliphatic carboxylic acids is 1. The summed E-state index contributed by atoms with van der Waals surface area (Å²) in [6.45, 7) is 28.6. The van der Waals surface area contributed by atoms with E-state index in [1.807, 2.05) is 6.07 Å². The second kappa shape index (κ2) is 20.5. The quantitative estimate of drug-likeness (QED) is 0.0556. The Balaban J connectivity index is 1.14. The minimum Gasteiger partial charge on any atom is -0.481 e. The lowest BCUT2D eigenvalue weighted by Crippen LogP contribution is -2.67. The van der Waals surface area contributed by atoms with Crippen molar-refractivity contribution >= 4 is 29.8 Å². The van der Waals surface area contributed by atoms with E-state index >= 15 is 0 Å². The molecule has 5 fully saturated rings. The first-order chi connectivity index (χ1) is 30.7. The number of nitriles is 1. The summed E-state index contributed by atoms with van der Waals surface area (Å²) in [6, 6.07) is 1.22. The van der Waals surface area contributed by atoms with Gasteiger partial charge in [0.05, 0.1) is 23.3 Å². The summed E-state index contributed by atoms with van der Waals surface area (Å²) < 4.78 is 11.5. The number of alkyl carbamates (subject to hydrolysis) is 1. The molecule has 12 heteroatoms. The van der Waals surface area contributed by atoms with Crippen LogP contribution in [0.3, 0.4) is 0 Å². The summed E-state index contributed by atoms with van der Waals surface area (Å²) in [5.41, 5.74) is -0.947. The summed E-state index contributed by atoms with van der Waals surface area (Å²) in [4.78, 5) is 64.7. The van der Waals surface area contributed by atoms with Gasteiger partial charge in [-0.05, 0) is 171 Å². The fraction of sp³-hybridized carbons (Fsp3) is 0.852. The predicted octanol–water partition coefficient (Wildman–Crippen LogP) is 10.8. The van der Waals surface area contributed by atoms with E-state index in [1.165, 1.54) is 5.57 Å². The lowest BCUT2D eigenvalue weighted by molar-refractivity contribution is -0.249. The summed E-state index contributed by atoms with van der Waals surface area (Å²) in [6.07, 6.45) is 15.3. The topological polar surface area (TPSA) is 184 Å². The second-order valence-corrected chi connectivity index (χ2v) is 24.6. The first kappa shape index (κ1) is 53.3. The van der Waals surface area contributed by atoms with Crippen molar-refractivity contribution in [1.29, 1.82) is 5.26 Å². The van der Waals surface area contributed by atoms with Gasteiger partial charge in [-0.2, -0.15) is 5.26 Å². The average Bonchev–Trinajstić information content (AvgIpc) is 3.62. The highest BCUT2D eigenvalue weighted by Gasteiger charge is 2.72. The standard InChI is InChI=1S/C54H88N4O8/c1-35(2)36-23-28-54(45(61)57-33-18-16-14-13-15-17-32-56-44(60)38(20-19-31-55)58-47(64)66-48(3,4)5)30-29-52(11)37(43(36)54)21-22-40-51(10)26-25-41(65-42(59)34-49(6,7)46(62)63)50(8,9)39(51)24-27-53(40,52)12/h36-41,43H,1,13-30,32-34H2,2-12H3,(H,56,60)(H,57,61)(H,58,64)(H,62,63)/t36-,37+,38-,39-,40+,41-,43+,51-,52+,53+,54-/m0/s1. The molecule has 0 aromatic heterocycles. The Hall–Kier alpha value is -3.62. The number of ether oxygens (including phenoxy) is 2. The lowest BCUT2D eigenvalue weighted by Gasteiger charge is -2.72. The number of carbonyl (C=O) groups excluding carboxylic acids is 4. The van der Waals surface area contributed by atoms with Crippen LogP contribution in [0.25, 0.3) is 0 Å². The monoisotopic (exact) mass is 921 g/mol. The Morgan fingerprint density at radius 1 is 0.788 bits per heavy atom. The normalized spacial score (nSPS) is 33.8. The summed E-state index contributed by atoms with van der Waals surface area (Å²) in [5.74, 6) is 0.527. The highest BCUT2D eigenvalue weighted by atomic mass is 16.6. The number of amides is 3. The Kier molecular flexibility index (Phi) is 16.6. The van der Waals surface area contributed by atoms with E-state index in [0.717, 1.165) is 103 Å². The van der Waals surface area contributed by atoms with Gasteiger partial charge in [-0.1, -0.05) is 72.5 Å². The molecule has 0 radical (unpaired) electrons. The molecule has 12 nitrogen and oxygen atoms in total.